The molecule has 0 saturated heterocycles. The highest BCUT2D eigenvalue weighted by molar-refractivity contribution is 5.80. The Bertz CT molecular complexity index is 2210. The van der Waals surface area contributed by atoms with Gasteiger partial charge in [0.15, 0.2) is 0 Å². The molecule has 0 amide bonds. The van der Waals surface area contributed by atoms with Gasteiger partial charge >= 0.3 is 0 Å². The van der Waals surface area contributed by atoms with Gasteiger partial charge in [-0.3, -0.25) is 0 Å². The molecule has 0 aliphatic carbocycles. The summed E-state index contributed by atoms with van der Waals surface area (Å²) >= 11 is 0. The van der Waals surface area contributed by atoms with Crippen molar-refractivity contribution in [3.63, 3.8) is 0 Å². The Morgan fingerprint density at radius 1 is 0.300 bits per heavy atom. The average molecular weight is 647 g/mol. The fraction of sp³-hybridized carbons (Fsp3) is 0.0833. The van der Waals surface area contributed by atoms with E-state index >= 15 is 0 Å². The summed E-state index contributed by atoms with van der Waals surface area (Å²) in [4.78, 5) is 4.63. The van der Waals surface area contributed by atoms with Crippen LogP contribution < -0.4 is 9.80 Å². The molecule has 7 rings (SSSR count). The Hall–Kier alpha value is -6.12. The number of nitrogens with zero attached hydrogens (tertiary/aromatic N) is 2. The Morgan fingerprint density at radius 2 is 0.620 bits per heavy atom. The summed E-state index contributed by atoms with van der Waals surface area (Å²) in [6, 6.07) is 61.2. The van der Waals surface area contributed by atoms with E-state index in [0.29, 0.717) is 0 Å². The first-order chi connectivity index (χ1) is 24.4. The minimum absolute atomic E-state index is 1.13. The Morgan fingerprint density at radius 3 is 1.00 bits per heavy atom. The van der Waals surface area contributed by atoms with Crippen LogP contribution in [0.15, 0.2) is 170 Å². The Balaban J connectivity index is 1.07. The molecule has 2 heteroatoms. The number of hydrogen-bond acceptors (Lipinski definition) is 2. The molecular weight excluding hydrogens is 605 g/mol. The Kier molecular flexibility index (Phi) is 9.44. The van der Waals surface area contributed by atoms with Crippen molar-refractivity contribution in [2.75, 3.05) is 9.80 Å². The Labute approximate surface area is 297 Å². The number of rotatable bonds is 9. The van der Waals surface area contributed by atoms with Crippen LogP contribution in [0.2, 0.25) is 0 Å². The second kappa shape index (κ2) is 14.6. The van der Waals surface area contributed by atoms with E-state index in [-0.39, 0.29) is 0 Å². The molecule has 0 saturated carbocycles. The fourth-order valence-electron chi connectivity index (χ4n) is 6.33. The van der Waals surface area contributed by atoms with Crippen LogP contribution in [-0.2, 0) is 0 Å². The maximum atomic E-state index is 2.32. The van der Waals surface area contributed by atoms with Gasteiger partial charge in [-0.05, 0) is 134 Å². The highest BCUT2D eigenvalue weighted by Crippen LogP contribution is 2.37. The molecule has 7 aromatic carbocycles. The van der Waals surface area contributed by atoms with Crippen LogP contribution in [0, 0.1) is 27.7 Å². The second-order valence-corrected chi connectivity index (χ2v) is 13.1. The molecule has 0 radical (unpaired) electrons. The van der Waals surface area contributed by atoms with Crippen LogP contribution in [-0.4, -0.2) is 0 Å². The van der Waals surface area contributed by atoms with Gasteiger partial charge in [0.25, 0.3) is 0 Å². The van der Waals surface area contributed by atoms with E-state index < -0.39 is 0 Å². The van der Waals surface area contributed by atoms with Crippen molar-refractivity contribution in [3.05, 3.63) is 203 Å². The first kappa shape index (κ1) is 32.4. The number of aryl methyl sites for hydroxylation is 4. The normalized spacial score (nSPS) is 11.1. The molecule has 0 spiro atoms. The van der Waals surface area contributed by atoms with Gasteiger partial charge in [0, 0.05) is 34.1 Å². The highest BCUT2D eigenvalue weighted by atomic mass is 15.1. The quantitative estimate of drug-likeness (QED) is 0.144. The molecule has 0 heterocycles. The van der Waals surface area contributed by atoms with Crippen LogP contribution in [0.4, 0.5) is 34.1 Å². The van der Waals surface area contributed by atoms with Gasteiger partial charge < -0.3 is 9.80 Å². The molecule has 0 aliphatic rings. The van der Waals surface area contributed by atoms with Crippen molar-refractivity contribution < 1.29 is 0 Å². The lowest BCUT2D eigenvalue weighted by atomic mass is 10.0. The van der Waals surface area contributed by atoms with Gasteiger partial charge in [-0.1, -0.05) is 120 Å². The molecule has 0 bridgehead atoms. The molecular formula is C48H42N2. The van der Waals surface area contributed by atoms with Crippen molar-refractivity contribution in [2.24, 2.45) is 0 Å². The summed E-state index contributed by atoms with van der Waals surface area (Å²) in [6.07, 6.45) is 4.36. The molecule has 0 aromatic heterocycles. The average Bonchev–Trinajstić information content (AvgIpc) is 3.14. The van der Waals surface area contributed by atoms with E-state index in [1.165, 1.54) is 38.9 Å². The van der Waals surface area contributed by atoms with Crippen molar-refractivity contribution >= 4 is 46.3 Å². The van der Waals surface area contributed by atoms with Crippen molar-refractivity contribution in [1.82, 2.24) is 0 Å². The smallest absolute Gasteiger partial charge is 0.0464 e. The largest absolute Gasteiger partial charge is 0.310 e. The summed E-state index contributed by atoms with van der Waals surface area (Å²) in [5.41, 5.74) is 16.6. The minimum Gasteiger partial charge on any atom is -0.310 e. The SMILES string of the molecule is Cc1ccc(N(c2ccc(/C=C/c3ccc(-c4ccc(N(c5ccc(C)cc5)c5cccc(C)c5)cc4)cc3)cc2)c2cccc(C)c2)cc1. The lowest BCUT2D eigenvalue weighted by Crippen LogP contribution is -2.10. The van der Waals surface area contributed by atoms with Crippen LogP contribution in [0.25, 0.3) is 23.3 Å². The zero-order chi connectivity index (χ0) is 34.5. The molecule has 7 aromatic rings. The van der Waals surface area contributed by atoms with E-state index in [2.05, 4.69) is 220 Å². The summed E-state index contributed by atoms with van der Waals surface area (Å²) < 4.78 is 0. The zero-order valence-corrected chi connectivity index (χ0v) is 29.2. The highest BCUT2D eigenvalue weighted by Gasteiger charge is 2.14. The summed E-state index contributed by atoms with van der Waals surface area (Å²) in [5.74, 6) is 0. The van der Waals surface area contributed by atoms with E-state index in [0.717, 1.165) is 39.7 Å². The molecule has 0 aliphatic heterocycles. The van der Waals surface area contributed by atoms with Gasteiger partial charge in [0.1, 0.15) is 0 Å². The molecule has 50 heavy (non-hydrogen) atoms. The van der Waals surface area contributed by atoms with E-state index in [1.807, 2.05) is 0 Å². The first-order valence-corrected chi connectivity index (χ1v) is 17.3. The lowest BCUT2D eigenvalue weighted by Gasteiger charge is -2.26. The third-order valence-corrected chi connectivity index (χ3v) is 9.09. The van der Waals surface area contributed by atoms with Crippen LogP contribution in [0.3, 0.4) is 0 Å². The van der Waals surface area contributed by atoms with Gasteiger partial charge in [0.2, 0.25) is 0 Å². The van der Waals surface area contributed by atoms with Crippen molar-refractivity contribution in [3.8, 4) is 11.1 Å². The van der Waals surface area contributed by atoms with E-state index in [1.54, 1.807) is 0 Å². The van der Waals surface area contributed by atoms with Gasteiger partial charge in [-0.15, -0.1) is 0 Å². The lowest BCUT2D eigenvalue weighted by molar-refractivity contribution is 1.26. The minimum atomic E-state index is 1.13. The number of anilines is 6. The van der Waals surface area contributed by atoms with Gasteiger partial charge in [-0.25, -0.2) is 0 Å². The summed E-state index contributed by atoms with van der Waals surface area (Å²) in [6.45, 7) is 8.53. The monoisotopic (exact) mass is 646 g/mol. The van der Waals surface area contributed by atoms with E-state index in [4.69, 9.17) is 0 Å². The molecule has 244 valence electrons. The molecule has 0 N–H and O–H groups in total. The summed E-state index contributed by atoms with van der Waals surface area (Å²) in [5, 5.41) is 0. The maximum Gasteiger partial charge on any atom is 0.0464 e. The zero-order valence-electron chi connectivity index (χ0n) is 29.2. The van der Waals surface area contributed by atoms with E-state index in [9.17, 15) is 0 Å². The van der Waals surface area contributed by atoms with Crippen molar-refractivity contribution in [1.29, 1.82) is 0 Å². The third kappa shape index (κ3) is 7.46. The molecule has 0 fully saturated rings. The predicted octanol–water partition coefficient (Wildman–Crippen LogP) is 13.7. The van der Waals surface area contributed by atoms with Crippen LogP contribution >= 0.6 is 0 Å². The predicted molar refractivity (Wildman–Crippen MR) is 216 cm³/mol. The number of hydrogen-bond donors (Lipinski definition) is 0. The number of benzene rings is 7. The summed E-state index contributed by atoms with van der Waals surface area (Å²) in [7, 11) is 0. The van der Waals surface area contributed by atoms with Crippen LogP contribution in [0.1, 0.15) is 33.4 Å². The maximum absolute atomic E-state index is 2.32. The standard InChI is InChI=1S/C48H42N2/c1-35-11-25-43(26-12-35)49(47-9-5-7-37(3)33-47)45-29-19-40(20-30-45)16-15-39-17-21-41(22-18-39)42-23-31-46(32-24-42)50(44-27-13-36(2)14-28-44)48-10-6-8-38(4)34-48/h5-34H,1-4H3/b16-15+. The van der Waals surface area contributed by atoms with Crippen molar-refractivity contribution in [2.45, 2.75) is 27.7 Å². The van der Waals surface area contributed by atoms with Crippen LogP contribution in [0.5, 0.6) is 0 Å². The third-order valence-electron chi connectivity index (χ3n) is 9.09. The van der Waals surface area contributed by atoms with Gasteiger partial charge in [0.05, 0.1) is 0 Å². The topological polar surface area (TPSA) is 6.48 Å². The molecule has 0 unspecified atom stereocenters. The first-order valence-electron chi connectivity index (χ1n) is 17.3. The second-order valence-electron chi connectivity index (χ2n) is 13.1. The van der Waals surface area contributed by atoms with Gasteiger partial charge in [-0.2, -0.15) is 0 Å². The molecule has 2 nitrogen and oxygen atoms in total. The fourth-order valence-corrected chi connectivity index (χ4v) is 6.33. The molecule has 0 atom stereocenters.